The summed E-state index contributed by atoms with van der Waals surface area (Å²) in [6, 6.07) is 15.3. The fourth-order valence-corrected chi connectivity index (χ4v) is 5.12. The van der Waals surface area contributed by atoms with E-state index < -0.39 is 23.8 Å². The number of hydrogen-bond donors (Lipinski definition) is 1. The molecule has 0 spiro atoms. The lowest BCUT2D eigenvalue weighted by atomic mass is 9.93. The quantitative estimate of drug-likeness (QED) is 0.409. The molecule has 6 nitrogen and oxygen atoms in total. The number of carboxylic acid groups (broad SMARTS) is 1. The zero-order valence-electron chi connectivity index (χ0n) is 21.2. The number of amides is 1. The SMILES string of the molecule is COc1ccc(CC(=O)O)cc1-c1ccc(C(F)(F)F)cc1CN(C(C)=O)[C@@H]1c2ccccc2C[C@@H]1OC. The molecule has 1 amide bonds. The average Bonchev–Trinajstić information content (AvgIpc) is 3.24. The van der Waals surface area contributed by atoms with Gasteiger partial charge in [-0.25, -0.2) is 0 Å². The molecule has 3 aromatic rings. The number of carboxylic acids is 1. The lowest BCUT2D eigenvalue weighted by Crippen LogP contribution is -2.38. The Kier molecular flexibility index (Phi) is 7.78. The lowest BCUT2D eigenvalue weighted by molar-refractivity contribution is -0.138. The second kappa shape index (κ2) is 10.9. The van der Waals surface area contributed by atoms with Gasteiger partial charge in [0, 0.05) is 32.6 Å². The fraction of sp³-hybridized carbons (Fsp3) is 0.310. The van der Waals surface area contributed by atoms with Gasteiger partial charge in [-0.05, 0) is 52.1 Å². The summed E-state index contributed by atoms with van der Waals surface area (Å²) in [6.45, 7) is 1.26. The molecule has 0 bridgehead atoms. The van der Waals surface area contributed by atoms with Crippen LogP contribution < -0.4 is 4.74 Å². The predicted octanol–water partition coefficient (Wildman–Crippen LogP) is 5.67. The van der Waals surface area contributed by atoms with Crippen LogP contribution >= 0.6 is 0 Å². The molecule has 0 aromatic heterocycles. The number of benzene rings is 3. The molecule has 1 aliphatic carbocycles. The third-order valence-corrected chi connectivity index (χ3v) is 6.87. The van der Waals surface area contributed by atoms with Crippen LogP contribution in [0.3, 0.4) is 0 Å². The van der Waals surface area contributed by atoms with Crippen molar-refractivity contribution in [3.05, 3.63) is 88.5 Å². The van der Waals surface area contributed by atoms with Crippen LogP contribution in [-0.2, 0) is 39.9 Å². The van der Waals surface area contributed by atoms with Gasteiger partial charge in [0.1, 0.15) is 5.75 Å². The minimum atomic E-state index is -4.60. The molecule has 3 aromatic carbocycles. The van der Waals surface area contributed by atoms with Crippen molar-refractivity contribution < 1.29 is 37.3 Å². The third kappa shape index (κ3) is 5.52. The van der Waals surface area contributed by atoms with E-state index in [9.17, 15) is 27.9 Å². The minimum absolute atomic E-state index is 0.125. The molecule has 0 radical (unpaired) electrons. The van der Waals surface area contributed by atoms with Gasteiger partial charge in [0.15, 0.2) is 0 Å². The van der Waals surface area contributed by atoms with E-state index in [-0.39, 0.29) is 30.5 Å². The van der Waals surface area contributed by atoms with Gasteiger partial charge in [-0.15, -0.1) is 0 Å². The summed E-state index contributed by atoms with van der Waals surface area (Å²) in [5, 5.41) is 9.25. The molecule has 0 aliphatic heterocycles. The number of aliphatic carboxylic acids is 1. The summed E-state index contributed by atoms with van der Waals surface area (Å²) in [4.78, 5) is 25.8. The van der Waals surface area contributed by atoms with Crippen molar-refractivity contribution in [2.24, 2.45) is 0 Å². The molecule has 9 heteroatoms. The van der Waals surface area contributed by atoms with Crippen LogP contribution in [0.4, 0.5) is 13.2 Å². The maximum absolute atomic E-state index is 13.8. The fourth-order valence-electron chi connectivity index (χ4n) is 5.12. The first kappa shape index (κ1) is 27.2. The highest BCUT2D eigenvalue weighted by Crippen LogP contribution is 2.42. The van der Waals surface area contributed by atoms with Crippen molar-refractivity contribution >= 4 is 11.9 Å². The Morgan fingerprint density at radius 1 is 1.03 bits per heavy atom. The number of nitrogens with zero attached hydrogens (tertiary/aromatic N) is 1. The van der Waals surface area contributed by atoms with E-state index >= 15 is 0 Å². The highest BCUT2D eigenvalue weighted by Gasteiger charge is 2.39. The number of alkyl halides is 3. The molecule has 0 fully saturated rings. The zero-order chi connectivity index (χ0) is 27.6. The smallest absolute Gasteiger partial charge is 0.416 e. The number of carbonyl (C=O) groups excluding carboxylic acids is 1. The normalized spacial score (nSPS) is 16.7. The number of ether oxygens (including phenoxy) is 2. The van der Waals surface area contributed by atoms with Gasteiger partial charge >= 0.3 is 12.1 Å². The molecule has 0 saturated heterocycles. The summed E-state index contributed by atoms with van der Waals surface area (Å²) < 4.78 is 52.5. The molecular weight excluding hydrogens is 499 g/mol. The molecule has 1 N–H and O–H groups in total. The number of fused-ring (bicyclic) bond motifs is 1. The van der Waals surface area contributed by atoms with Gasteiger partial charge in [-0.2, -0.15) is 13.2 Å². The van der Waals surface area contributed by atoms with E-state index in [1.165, 1.54) is 25.0 Å². The number of halogens is 3. The first-order chi connectivity index (χ1) is 18.0. The van der Waals surface area contributed by atoms with Crippen molar-refractivity contribution in [3.8, 4) is 16.9 Å². The Balaban J connectivity index is 1.87. The molecule has 0 unspecified atom stereocenters. The van der Waals surface area contributed by atoms with Crippen LogP contribution in [0.15, 0.2) is 60.7 Å². The van der Waals surface area contributed by atoms with Crippen LogP contribution in [0.25, 0.3) is 11.1 Å². The highest BCUT2D eigenvalue weighted by atomic mass is 19.4. The standard InChI is InChI=1S/C29H28F3NO5/c1-17(34)33(28-23-7-5-4-6-19(23)15-26(28)38-3)16-20-14-21(29(30,31)32)9-10-22(20)24-12-18(13-27(35)36)8-11-25(24)37-2/h4-12,14,26,28H,13,15-16H2,1-3H3,(H,35,36)/t26-,28+/m0/s1. The zero-order valence-corrected chi connectivity index (χ0v) is 21.2. The molecule has 0 heterocycles. The van der Waals surface area contributed by atoms with Crippen LogP contribution in [0.2, 0.25) is 0 Å². The maximum atomic E-state index is 13.8. The second-order valence-electron chi connectivity index (χ2n) is 9.24. The monoisotopic (exact) mass is 527 g/mol. The Labute approximate surface area is 218 Å². The van der Waals surface area contributed by atoms with Gasteiger partial charge < -0.3 is 19.5 Å². The van der Waals surface area contributed by atoms with Crippen LogP contribution in [0, 0.1) is 0 Å². The van der Waals surface area contributed by atoms with Crippen LogP contribution in [-0.4, -0.2) is 42.2 Å². The van der Waals surface area contributed by atoms with Crippen molar-refractivity contribution in [2.45, 2.75) is 44.6 Å². The lowest BCUT2D eigenvalue weighted by Gasteiger charge is -2.33. The minimum Gasteiger partial charge on any atom is -0.496 e. The van der Waals surface area contributed by atoms with Gasteiger partial charge in [-0.1, -0.05) is 36.4 Å². The molecular formula is C29H28F3NO5. The topological polar surface area (TPSA) is 76.1 Å². The van der Waals surface area contributed by atoms with Crippen molar-refractivity contribution in [1.82, 2.24) is 4.90 Å². The largest absolute Gasteiger partial charge is 0.496 e. The summed E-state index contributed by atoms with van der Waals surface area (Å²) in [7, 11) is 2.98. The van der Waals surface area contributed by atoms with E-state index in [2.05, 4.69) is 0 Å². The maximum Gasteiger partial charge on any atom is 0.416 e. The third-order valence-electron chi connectivity index (χ3n) is 6.87. The van der Waals surface area contributed by atoms with E-state index in [1.807, 2.05) is 24.3 Å². The van der Waals surface area contributed by atoms with E-state index in [4.69, 9.17) is 9.47 Å². The van der Waals surface area contributed by atoms with E-state index in [0.717, 1.165) is 23.3 Å². The van der Waals surface area contributed by atoms with Crippen LogP contribution in [0.1, 0.15) is 40.8 Å². The number of rotatable bonds is 8. The van der Waals surface area contributed by atoms with Gasteiger partial charge in [-0.3, -0.25) is 9.59 Å². The first-order valence-corrected chi connectivity index (χ1v) is 12.0. The van der Waals surface area contributed by atoms with Gasteiger partial charge in [0.25, 0.3) is 0 Å². The Hall–Kier alpha value is -3.85. The van der Waals surface area contributed by atoms with Crippen molar-refractivity contribution in [2.75, 3.05) is 14.2 Å². The average molecular weight is 528 g/mol. The highest BCUT2D eigenvalue weighted by molar-refractivity contribution is 5.78. The summed E-state index contributed by atoms with van der Waals surface area (Å²) >= 11 is 0. The van der Waals surface area contributed by atoms with Gasteiger partial charge in [0.2, 0.25) is 5.91 Å². The second-order valence-corrected chi connectivity index (χ2v) is 9.24. The number of carbonyl (C=O) groups is 2. The summed E-state index contributed by atoms with van der Waals surface area (Å²) in [5.74, 6) is -0.985. The molecule has 2 atom stereocenters. The Morgan fingerprint density at radius 2 is 1.76 bits per heavy atom. The molecule has 38 heavy (non-hydrogen) atoms. The van der Waals surface area contributed by atoms with E-state index in [0.29, 0.717) is 28.9 Å². The van der Waals surface area contributed by atoms with Gasteiger partial charge in [0.05, 0.1) is 31.2 Å². The molecule has 200 valence electrons. The van der Waals surface area contributed by atoms with E-state index in [1.54, 1.807) is 25.3 Å². The number of methoxy groups -OCH3 is 2. The Morgan fingerprint density at radius 3 is 2.39 bits per heavy atom. The number of hydrogen-bond acceptors (Lipinski definition) is 4. The molecule has 1 aliphatic rings. The predicted molar refractivity (Wildman–Crippen MR) is 135 cm³/mol. The first-order valence-electron chi connectivity index (χ1n) is 12.0. The van der Waals surface area contributed by atoms with Crippen molar-refractivity contribution in [1.29, 1.82) is 0 Å². The van der Waals surface area contributed by atoms with Crippen LogP contribution in [0.5, 0.6) is 5.75 Å². The molecule has 0 saturated carbocycles. The van der Waals surface area contributed by atoms with Crippen molar-refractivity contribution in [3.63, 3.8) is 0 Å². The summed E-state index contributed by atoms with van der Waals surface area (Å²) in [6.07, 6.45) is -4.65. The molecule has 4 rings (SSSR count). The summed E-state index contributed by atoms with van der Waals surface area (Å²) in [5.41, 5.74) is 2.62. The Bertz CT molecular complexity index is 1350.